The van der Waals surface area contributed by atoms with Gasteiger partial charge in [-0.25, -0.2) is 0 Å². The summed E-state index contributed by atoms with van der Waals surface area (Å²) in [4.78, 5) is 12.3. The second-order valence-corrected chi connectivity index (χ2v) is 7.36. The highest BCUT2D eigenvalue weighted by atomic mass is 32.2. The number of nitrogens with two attached hydrogens (primary N) is 1. The molecule has 1 aromatic carbocycles. The number of aromatic nitrogens is 1. The molecule has 1 aromatic heterocycles. The van der Waals surface area contributed by atoms with Crippen molar-refractivity contribution in [2.24, 2.45) is 18.0 Å². The monoisotopic (exact) mass is 366 g/mol. The van der Waals surface area contributed by atoms with Gasteiger partial charge in [0.2, 0.25) is 0 Å². The van der Waals surface area contributed by atoms with Gasteiger partial charge >= 0.3 is 0 Å². The number of hydrogen-bond acceptors (Lipinski definition) is 5. The van der Waals surface area contributed by atoms with Gasteiger partial charge in [-0.05, 0) is 42.9 Å². The first-order valence-corrected chi connectivity index (χ1v) is 9.63. The van der Waals surface area contributed by atoms with Crippen LogP contribution in [0.5, 0.6) is 0 Å². The first kappa shape index (κ1) is 18.9. The molecule has 0 saturated heterocycles. The lowest BCUT2D eigenvalue weighted by molar-refractivity contribution is 0.0970. The van der Waals surface area contributed by atoms with Gasteiger partial charge in [0.1, 0.15) is 12.0 Å². The quantitative estimate of drug-likeness (QED) is 0.242. The first-order chi connectivity index (χ1) is 11.7. The average Bonchev–Trinajstić information content (AvgIpc) is 2.68. The van der Waals surface area contributed by atoms with Gasteiger partial charge in [0.05, 0.1) is 6.26 Å². The largest absolute Gasteiger partial charge is 0.339 e. The van der Waals surface area contributed by atoms with Crippen molar-refractivity contribution in [1.82, 2.24) is 9.88 Å². The molecule has 3 rings (SSSR count). The topological polar surface area (TPSA) is 127 Å². The Hall–Kier alpha value is -2.39. The third-order valence-corrected chi connectivity index (χ3v) is 4.02. The Bertz CT molecular complexity index is 908. The number of hydrogen-bond donors (Lipinski definition) is 3. The van der Waals surface area contributed by atoms with Crippen LogP contribution in [0.1, 0.15) is 34.5 Å². The van der Waals surface area contributed by atoms with Crippen molar-refractivity contribution in [1.29, 1.82) is 0 Å². The maximum Gasteiger partial charge on any atom is 0.273 e. The number of hydrazone groups is 1. The Morgan fingerprint density at radius 1 is 1.36 bits per heavy atom. The van der Waals surface area contributed by atoms with E-state index in [0.29, 0.717) is 11.9 Å². The molecule has 136 valence electrons. The van der Waals surface area contributed by atoms with Crippen molar-refractivity contribution in [3.63, 3.8) is 0 Å². The van der Waals surface area contributed by atoms with Crippen LogP contribution < -0.4 is 11.2 Å². The van der Waals surface area contributed by atoms with E-state index in [9.17, 15) is 13.2 Å². The highest BCUT2D eigenvalue weighted by molar-refractivity contribution is 7.85. The highest BCUT2D eigenvalue weighted by Gasteiger charge is 2.23. The standard InChI is InChI=1S/C15H18N4O.CH4O3S/c1-19-12-8-4-6-10-5-2-3-7-11(13(10)12)14(19)15(20)17-9-18-16;1-5(2,3)4/h4,6,8-9H,2-3,5,7,16H2,1H3,(H,17,18,20);1H3,(H,2,3,4). The lowest BCUT2D eigenvalue weighted by atomic mass is 10.0. The summed E-state index contributed by atoms with van der Waals surface area (Å²) >= 11 is 0. The van der Waals surface area contributed by atoms with E-state index in [2.05, 4.69) is 28.6 Å². The second kappa shape index (κ2) is 7.66. The van der Waals surface area contributed by atoms with Gasteiger partial charge < -0.3 is 15.7 Å². The van der Waals surface area contributed by atoms with Crippen molar-refractivity contribution in [3.8, 4) is 0 Å². The van der Waals surface area contributed by atoms with E-state index in [1.54, 1.807) is 0 Å². The molecule has 1 heterocycles. The fourth-order valence-corrected chi connectivity index (χ4v) is 3.18. The van der Waals surface area contributed by atoms with Crippen molar-refractivity contribution >= 4 is 33.3 Å². The number of nitrogens with zero attached hydrogens (tertiary/aromatic N) is 2. The van der Waals surface area contributed by atoms with Gasteiger partial charge in [0.25, 0.3) is 16.0 Å². The Balaban J connectivity index is 0.000000399. The molecule has 4 N–H and O–H groups in total. The van der Waals surface area contributed by atoms with Crippen LogP contribution >= 0.6 is 0 Å². The lowest BCUT2D eigenvalue weighted by Gasteiger charge is -2.06. The van der Waals surface area contributed by atoms with Crippen LogP contribution in [0.2, 0.25) is 0 Å². The predicted molar refractivity (Wildman–Crippen MR) is 97.2 cm³/mol. The van der Waals surface area contributed by atoms with E-state index in [4.69, 9.17) is 10.4 Å². The van der Waals surface area contributed by atoms with Gasteiger partial charge in [-0.1, -0.05) is 12.1 Å². The van der Waals surface area contributed by atoms with Crippen LogP contribution in [0.3, 0.4) is 0 Å². The van der Waals surface area contributed by atoms with Gasteiger partial charge in [0.15, 0.2) is 0 Å². The summed E-state index contributed by atoms with van der Waals surface area (Å²) in [6.07, 6.45) is 6.25. The van der Waals surface area contributed by atoms with Gasteiger partial charge in [-0.15, -0.1) is 0 Å². The van der Waals surface area contributed by atoms with Crippen molar-refractivity contribution in [3.05, 3.63) is 35.0 Å². The summed E-state index contributed by atoms with van der Waals surface area (Å²) < 4.78 is 27.8. The van der Waals surface area contributed by atoms with Gasteiger partial charge in [-0.2, -0.15) is 13.5 Å². The Morgan fingerprint density at radius 2 is 2.00 bits per heavy atom. The van der Waals surface area contributed by atoms with Crippen molar-refractivity contribution in [2.75, 3.05) is 6.26 Å². The minimum absolute atomic E-state index is 0.152. The van der Waals surface area contributed by atoms with Crippen LogP contribution in [0.15, 0.2) is 23.3 Å². The first-order valence-electron chi connectivity index (χ1n) is 7.78. The molecule has 0 spiro atoms. The predicted octanol–water partition coefficient (Wildman–Crippen LogP) is 1.19. The van der Waals surface area contributed by atoms with Crippen LogP contribution in [0, 0.1) is 0 Å². The zero-order chi connectivity index (χ0) is 18.6. The molecule has 2 aromatic rings. The molecule has 1 amide bonds. The number of carbonyl (C=O) groups is 1. The fourth-order valence-electron chi connectivity index (χ4n) is 3.18. The number of aryl methyl sites for hydroxylation is 3. The minimum atomic E-state index is -3.67. The molecule has 0 radical (unpaired) electrons. The number of carbonyl (C=O) groups excluding carboxylic acids is 1. The summed E-state index contributed by atoms with van der Waals surface area (Å²) in [5.41, 5.74) is 4.33. The van der Waals surface area contributed by atoms with E-state index in [1.807, 2.05) is 11.6 Å². The Morgan fingerprint density at radius 3 is 2.64 bits per heavy atom. The number of nitrogens with one attached hydrogen (secondary N) is 1. The molecule has 0 aliphatic heterocycles. The zero-order valence-electron chi connectivity index (χ0n) is 14.2. The molecule has 0 bridgehead atoms. The maximum atomic E-state index is 12.3. The molecular weight excluding hydrogens is 344 g/mol. The molecule has 25 heavy (non-hydrogen) atoms. The molecule has 8 nitrogen and oxygen atoms in total. The van der Waals surface area contributed by atoms with Crippen LogP contribution in [-0.2, 0) is 30.0 Å². The molecule has 0 fully saturated rings. The Labute approximate surface area is 146 Å². The average molecular weight is 366 g/mol. The normalized spacial score (nSPS) is 14.0. The van der Waals surface area contributed by atoms with Crippen LogP contribution in [0.4, 0.5) is 0 Å². The van der Waals surface area contributed by atoms with Crippen molar-refractivity contribution in [2.45, 2.75) is 25.7 Å². The van der Waals surface area contributed by atoms with E-state index in [0.717, 1.165) is 30.3 Å². The molecule has 1 aliphatic rings. The van der Waals surface area contributed by atoms with Gasteiger partial charge in [-0.3, -0.25) is 9.35 Å². The molecule has 0 unspecified atom stereocenters. The van der Waals surface area contributed by atoms with E-state index >= 15 is 0 Å². The van der Waals surface area contributed by atoms with Crippen molar-refractivity contribution < 1.29 is 17.8 Å². The molecule has 1 aliphatic carbocycles. The third-order valence-electron chi connectivity index (χ3n) is 4.02. The van der Waals surface area contributed by atoms with E-state index in [-0.39, 0.29) is 5.91 Å². The van der Waals surface area contributed by atoms with E-state index in [1.165, 1.54) is 23.7 Å². The number of amides is 1. The van der Waals surface area contributed by atoms with E-state index < -0.39 is 10.1 Å². The molecule has 9 heteroatoms. The highest BCUT2D eigenvalue weighted by Crippen LogP contribution is 2.33. The smallest absolute Gasteiger partial charge is 0.273 e. The number of benzene rings is 1. The summed E-state index contributed by atoms with van der Waals surface area (Å²) in [5.74, 6) is 4.89. The number of rotatable bonds is 2. The summed E-state index contributed by atoms with van der Waals surface area (Å²) in [5, 5.41) is 7.19. The molecule has 0 saturated carbocycles. The zero-order valence-corrected chi connectivity index (χ0v) is 15.0. The lowest BCUT2D eigenvalue weighted by Crippen LogP contribution is -2.25. The maximum absolute atomic E-state index is 12.3. The SMILES string of the molecule is CS(=O)(=O)O.Cn1c(C(=O)NC=NN)c2c3c(cccc31)CCCC2. The summed E-state index contributed by atoms with van der Waals surface area (Å²) in [7, 11) is -1.73. The summed E-state index contributed by atoms with van der Waals surface area (Å²) in [6.45, 7) is 0. The second-order valence-electron chi connectivity index (χ2n) is 5.89. The summed E-state index contributed by atoms with van der Waals surface area (Å²) in [6, 6.07) is 6.30. The molecule has 0 atom stereocenters. The molecular formula is C16H22N4O4S. The third kappa shape index (κ3) is 4.58. The Kier molecular flexibility index (Phi) is 5.81. The van der Waals surface area contributed by atoms with Gasteiger partial charge in [0, 0.05) is 18.0 Å². The van der Waals surface area contributed by atoms with Crippen LogP contribution in [-0.4, -0.2) is 36.0 Å². The van der Waals surface area contributed by atoms with Crippen LogP contribution in [0.25, 0.3) is 10.9 Å². The fraction of sp³-hybridized carbons (Fsp3) is 0.375. The minimum Gasteiger partial charge on any atom is -0.339 e.